The lowest BCUT2D eigenvalue weighted by Crippen LogP contribution is -2.40. The van der Waals surface area contributed by atoms with Gasteiger partial charge in [-0.2, -0.15) is 11.8 Å². The van der Waals surface area contributed by atoms with Crippen LogP contribution in [0.2, 0.25) is 0 Å². The summed E-state index contributed by atoms with van der Waals surface area (Å²) in [7, 11) is 0. The molecular formula is C10H18N2OS2. The SMILES string of the molecule is CCSC1CCCC1NC(=O)CC(N)=S. The normalized spacial score (nSPS) is 25.1. The van der Waals surface area contributed by atoms with Gasteiger partial charge in [0.1, 0.15) is 0 Å². The third kappa shape index (κ3) is 4.38. The zero-order valence-electron chi connectivity index (χ0n) is 8.99. The number of thiocarbonyl (C=S) groups is 1. The minimum Gasteiger partial charge on any atom is -0.393 e. The minimum atomic E-state index is -0.0314. The van der Waals surface area contributed by atoms with Crippen molar-refractivity contribution >= 4 is 34.9 Å². The second-order valence-electron chi connectivity index (χ2n) is 3.74. The number of nitrogens with one attached hydrogen (secondary N) is 1. The monoisotopic (exact) mass is 246 g/mol. The second-order valence-corrected chi connectivity index (χ2v) is 5.78. The standard InChI is InChI=1S/C10H18N2OS2/c1-2-15-8-5-3-4-7(8)12-10(13)6-9(11)14/h7-8H,2-6H2,1H3,(H2,11,14)(H,12,13). The van der Waals surface area contributed by atoms with Crippen LogP contribution in [0.3, 0.4) is 0 Å². The Kier molecular flexibility index (Phi) is 5.39. The smallest absolute Gasteiger partial charge is 0.227 e. The van der Waals surface area contributed by atoms with Gasteiger partial charge in [0.25, 0.3) is 0 Å². The van der Waals surface area contributed by atoms with E-state index in [0.29, 0.717) is 11.3 Å². The molecule has 3 nitrogen and oxygen atoms in total. The van der Waals surface area contributed by atoms with E-state index in [-0.39, 0.29) is 17.3 Å². The molecule has 0 bridgehead atoms. The van der Waals surface area contributed by atoms with Crippen LogP contribution < -0.4 is 11.1 Å². The van der Waals surface area contributed by atoms with Gasteiger partial charge in [0.05, 0.1) is 11.4 Å². The van der Waals surface area contributed by atoms with Gasteiger partial charge in [-0.1, -0.05) is 25.6 Å². The lowest BCUT2D eigenvalue weighted by molar-refractivity contribution is -0.120. The fourth-order valence-electron chi connectivity index (χ4n) is 1.92. The topological polar surface area (TPSA) is 55.1 Å². The van der Waals surface area contributed by atoms with E-state index in [1.165, 1.54) is 12.8 Å². The largest absolute Gasteiger partial charge is 0.393 e. The quantitative estimate of drug-likeness (QED) is 0.721. The molecule has 0 radical (unpaired) electrons. The Labute approximate surface area is 101 Å². The van der Waals surface area contributed by atoms with Crippen molar-refractivity contribution in [2.75, 3.05) is 5.75 Å². The number of nitrogens with two attached hydrogens (primary N) is 1. The van der Waals surface area contributed by atoms with Crippen LogP contribution in [-0.2, 0) is 4.79 Å². The van der Waals surface area contributed by atoms with Crippen molar-refractivity contribution in [1.29, 1.82) is 0 Å². The molecule has 15 heavy (non-hydrogen) atoms. The Morgan fingerprint density at radius 2 is 2.33 bits per heavy atom. The highest BCUT2D eigenvalue weighted by Gasteiger charge is 2.28. The third-order valence-electron chi connectivity index (χ3n) is 2.51. The molecule has 1 aliphatic rings. The van der Waals surface area contributed by atoms with Crippen LogP contribution in [-0.4, -0.2) is 27.9 Å². The molecule has 2 atom stereocenters. The first-order valence-electron chi connectivity index (χ1n) is 5.32. The molecule has 1 rings (SSSR count). The summed E-state index contributed by atoms with van der Waals surface area (Å²) in [6.45, 7) is 2.15. The van der Waals surface area contributed by atoms with E-state index in [0.717, 1.165) is 12.2 Å². The number of rotatable bonds is 5. The summed E-state index contributed by atoms with van der Waals surface area (Å²) in [4.78, 5) is 11.7. The van der Waals surface area contributed by atoms with Crippen molar-refractivity contribution in [2.24, 2.45) is 5.73 Å². The Balaban J connectivity index is 2.36. The van der Waals surface area contributed by atoms with Gasteiger partial charge in [0.2, 0.25) is 5.91 Å². The molecule has 0 saturated heterocycles. The molecule has 1 fully saturated rings. The maximum atomic E-state index is 11.5. The van der Waals surface area contributed by atoms with Crippen LogP contribution in [0.4, 0.5) is 0 Å². The molecule has 0 spiro atoms. The molecule has 1 aliphatic carbocycles. The second kappa shape index (κ2) is 6.33. The Morgan fingerprint density at radius 3 is 2.93 bits per heavy atom. The molecule has 0 aromatic carbocycles. The van der Waals surface area contributed by atoms with E-state index in [2.05, 4.69) is 12.2 Å². The fraction of sp³-hybridized carbons (Fsp3) is 0.800. The molecule has 3 N–H and O–H groups in total. The van der Waals surface area contributed by atoms with Gasteiger partial charge in [-0.3, -0.25) is 4.79 Å². The minimum absolute atomic E-state index is 0.0314. The summed E-state index contributed by atoms with van der Waals surface area (Å²) in [6, 6.07) is 0.316. The first-order chi connectivity index (χ1) is 7.13. The zero-order chi connectivity index (χ0) is 11.3. The molecule has 1 saturated carbocycles. The maximum absolute atomic E-state index is 11.5. The molecule has 0 heterocycles. The van der Waals surface area contributed by atoms with Gasteiger partial charge < -0.3 is 11.1 Å². The number of hydrogen-bond acceptors (Lipinski definition) is 3. The van der Waals surface area contributed by atoms with Gasteiger partial charge in [-0.05, 0) is 18.6 Å². The number of amides is 1. The van der Waals surface area contributed by atoms with Gasteiger partial charge in [0, 0.05) is 11.3 Å². The van der Waals surface area contributed by atoms with Gasteiger partial charge in [0.15, 0.2) is 0 Å². The Bertz CT molecular complexity index is 246. The predicted octanol–water partition coefficient (Wildman–Crippen LogP) is 1.45. The van der Waals surface area contributed by atoms with Crippen LogP contribution in [0.1, 0.15) is 32.6 Å². The van der Waals surface area contributed by atoms with Crippen LogP contribution in [0.25, 0.3) is 0 Å². The summed E-state index contributed by atoms with van der Waals surface area (Å²) in [5.41, 5.74) is 5.33. The van der Waals surface area contributed by atoms with E-state index < -0.39 is 0 Å². The molecule has 5 heteroatoms. The molecule has 0 aromatic heterocycles. The first-order valence-corrected chi connectivity index (χ1v) is 6.78. The van der Waals surface area contributed by atoms with Crippen LogP contribution >= 0.6 is 24.0 Å². The van der Waals surface area contributed by atoms with Crippen LogP contribution in [0.15, 0.2) is 0 Å². The van der Waals surface area contributed by atoms with Crippen molar-refractivity contribution in [1.82, 2.24) is 5.32 Å². The number of carbonyl (C=O) groups excluding carboxylic acids is 1. The van der Waals surface area contributed by atoms with Crippen LogP contribution in [0, 0.1) is 0 Å². The summed E-state index contributed by atoms with van der Waals surface area (Å²) in [5.74, 6) is 1.07. The first kappa shape index (κ1) is 12.8. The van der Waals surface area contributed by atoms with Crippen LogP contribution in [0.5, 0.6) is 0 Å². The molecular weight excluding hydrogens is 228 g/mol. The van der Waals surface area contributed by atoms with E-state index in [1.54, 1.807) is 0 Å². The average Bonchev–Trinajstić information content (AvgIpc) is 2.52. The zero-order valence-corrected chi connectivity index (χ0v) is 10.6. The van der Waals surface area contributed by atoms with E-state index in [4.69, 9.17) is 18.0 Å². The highest BCUT2D eigenvalue weighted by Crippen LogP contribution is 2.29. The fourth-order valence-corrected chi connectivity index (χ4v) is 3.25. The average molecular weight is 246 g/mol. The van der Waals surface area contributed by atoms with E-state index in [1.807, 2.05) is 11.8 Å². The molecule has 1 amide bonds. The molecule has 86 valence electrons. The van der Waals surface area contributed by atoms with Gasteiger partial charge >= 0.3 is 0 Å². The third-order valence-corrected chi connectivity index (χ3v) is 3.98. The van der Waals surface area contributed by atoms with Crippen molar-refractivity contribution in [3.8, 4) is 0 Å². The highest BCUT2D eigenvalue weighted by atomic mass is 32.2. The summed E-state index contributed by atoms with van der Waals surface area (Å²) in [5, 5.41) is 3.59. The molecule has 0 aromatic rings. The van der Waals surface area contributed by atoms with E-state index in [9.17, 15) is 4.79 Å². The van der Waals surface area contributed by atoms with Gasteiger partial charge in [-0.25, -0.2) is 0 Å². The summed E-state index contributed by atoms with van der Waals surface area (Å²) >= 11 is 6.63. The maximum Gasteiger partial charge on any atom is 0.227 e. The summed E-state index contributed by atoms with van der Waals surface area (Å²) in [6.07, 6.45) is 3.67. The Morgan fingerprint density at radius 1 is 1.60 bits per heavy atom. The lowest BCUT2D eigenvalue weighted by atomic mass is 10.2. The van der Waals surface area contributed by atoms with Crippen molar-refractivity contribution in [3.05, 3.63) is 0 Å². The van der Waals surface area contributed by atoms with E-state index >= 15 is 0 Å². The predicted molar refractivity (Wildman–Crippen MR) is 69.1 cm³/mol. The van der Waals surface area contributed by atoms with Crippen molar-refractivity contribution in [3.63, 3.8) is 0 Å². The number of carbonyl (C=O) groups is 1. The lowest BCUT2D eigenvalue weighted by Gasteiger charge is -2.19. The van der Waals surface area contributed by atoms with Crippen molar-refractivity contribution < 1.29 is 4.79 Å². The highest BCUT2D eigenvalue weighted by molar-refractivity contribution is 7.99. The number of hydrogen-bond donors (Lipinski definition) is 2. The molecule has 2 unspecified atom stereocenters. The van der Waals surface area contributed by atoms with Crippen molar-refractivity contribution in [2.45, 2.75) is 43.9 Å². The molecule has 0 aliphatic heterocycles. The summed E-state index contributed by atoms with van der Waals surface area (Å²) < 4.78 is 0. The number of thioether (sulfide) groups is 1. The Hall–Kier alpha value is -0.290. The van der Waals surface area contributed by atoms with Gasteiger partial charge in [-0.15, -0.1) is 0 Å².